The Morgan fingerprint density at radius 3 is 2.33 bits per heavy atom. The second kappa shape index (κ2) is 9.54. The second-order valence-electron chi connectivity index (χ2n) is 12.3. The van der Waals surface area contributed by atoms with Crippen molar-refractivity contribution in [3.05, 3.63) is 23.3 Å². The molecule has 0 aromatic rings. The fourth-order valence-electron chi connectivity index (χ4n) is 8.21. The summed E-state index contributed by atoms with van der Waals surface area (Å²) in [5.74, 6) is 5.35. The van der Waals surface area contributed by atoms with Gasteiger partial charge in [-0.05, 0) is 91.3 Å². The van der Waals surface area contributed by atoms with Crippen molar-refractivity contribution in [1.82, 2.24) is 0 Å². The molecule has 0 aromatic heterocycles. The zero-order valence-corrected chi connectivity index (χ0v) is 21.7. The van der Waals surface area contributed by atoms with Gasteiger partial charge in [0.25, 0.3) is 0 Å². The summed E-state index contributed by atoms with van der Waals surface area (Å²) in [6, 6.07) is 0. The van der Waals surface area contributed by atoms with Gasteiger partial charge in [0.1, 0.15) is 0 Å². The summed E-state index contributed by atoms with van der Waals surface area (Å²) in [5, 5.41) is 0. The van der Waals surface area contributed by atoms with Gasteiger partial charge in [-0.25, -0.2) is 0 Å². The van der Waals surface area contributed by atoms with Crippen molar-refractivity contribution in [2.45, 2.75) is 120 Å². The molecule has 0 radical (unpaired) electrons. The molecule has 0 heterocycles. The Morgan fingerprint density at radius 1 is 0.900 bits per heavy atom. The minimum atomic E-state index is 0.485. The van der Waals surface area contributed by atoms with Gasteiger partial charge in [0.05, 0.1) is 0 Å². The Morgan fingerprint density at radius 2 is 1.63 bits per heavy atom. The van der Waals surface area contributed by atoms with E-state index < -0.39 is 0 Å². The van der Waals surface area contributed by atoms with Crippen LogP contribution in [0.2, 0.25) is 0 Å². The highest BCUT2D eigenvalue weighted by Crippen LogP contribution is 2.66. The molecule has 3 saturated carbocycles. The Balaban J connectivity index is 0.00000124. The molecule has 7 unspecified atom stereocenters. The summed E-state index contributed by atoms with van der Waals surface area (Å²) >= 11 is 0. The molecule has 30 heavy (non-hydrogen) atoms. The minimum Gasteiger partial charge on any atom is -0.0683 e. The summed E-state index contributed by atoms with van der Waals surface area (Å²) in [4.78, 5) is 0. The van der Waals surface area contributed by atoms with Crippen LogP contribution < -0.4 is 0 Å². The normalized spacial score (nSPS) is 41.0. The molecule has 0 nitrogen and oxygen atoms in total. The largest absolute Gasteiger partial charge is 0.0683 e. The SMILES string of the molecule is CC.CC(C)CCCC(C)C1CCC2C3=CC=C4CC(C)CCC4(C)C3CCC21C. The molecule has 0 N–H and O–H groups in total. The predicted octanol–water partition coefficient (Wildman–Crippen LogP) is 9.61. The van der Waals surface area contributed by atoms with Crippen molar-refractivity contribution in [3.8, 4) is 0 Å². The molecule has 0 aromatic carbocycles. The average Bonchev–Trinajstić information content (AvgIpc) is 3.07. The molecule has 3 fully saturated rings. The quantitative estimate of drug-likeness (QED) is 0.421. The summed E-state index contributed by atoms with van der Waals surface area (Å²) in [7, 11) is 0. The number of hydrogen-bond donors (Lipinski definition) is 0. The van der Waals surface area contributed by atoms with E-state index in [9.17, 15) is 0 Å². The molecule has 0 heteroatoms. The van der Waals surface area contributed by atoms with E-state index in [-0.39, 0.29) is 0 Å². The molecule has 4 aliphatic rings. The van der Waals surface area contributed by atoms with Gasteiger partial charge in [0.15, 0.2) is 0 Å². The van der Waals surface area contributed by atoms with Crippen LogP contribution >= 0.6 is 0 Å². The molecule has 7 atom stereocenters. The van der Waals surface area contributed by atoms with Crippen LogP contribution in [0, 0.1) is 46.3 Å². The van der Waals surface area contributed by atoms with E-state index in [2.05, 4.69) is 53.7 Å². The molecule has 0 bridgehead atoms. The zero-order valence-electron chi connectivity index (χ0n) is 21.7. The summed E-state index contributed by atoms with van der Waals surface area (Å²) in [6.45, 7) is 19.1. The molecule has 0 aliphatic heterocycles. The van der Waals surface area contributed by atoms with Crippen molar-refractivity contribution >= 4 is 0 Å². The average molecular weight is 413 g/mol. The molecule has 0 spiro atoms. The van der Waals surface area contributed by atoms with Gasteiger partial charge in [-0.1, -0.05) is 98.0 Å². The van der Waals surface area contributed by atoms with Crippen LogP contribution in [0.1, 0.15) is 120 Å². The van der Waals surface area contributed by atoms with Crippen molar-refractivity contribution in [3.63, 3.8) is 0 Å². The standard InChI is InChI=1S/C28H46.C2H6/c1-19(2)8-7-9-21(4)24-12-13-25-23-11-10-22-18-20(3)14-16-27(22,5)26(23)15-17-28(24,25)6;1-2/h10-11,19-21,24-26H,7-9,12-18H2,1-6H3;1-2H3. The van der Waals surface area contributed by atoms with Gasteiger partial charge in [0.2, 0.25) is 0 Å². The van der Waals surface area contributed by atoms with Crippen molar-refractivity contribution in [2.24, 2.45) is 46.3 Å². The first-order valence-corrected chi connectivity index (χ1v) is 13.7. The van der Waals surface area contributed by atoms with E-state index in [1.807, 2.05) is 19.4 Å². The van der Waals surface area contributed by atoms with Gasteiger partial charge in [-0.2, -0.15) is 0 Å². The van der Waals surface area contributed by atoms with E-state index in [0.717, 1.165) is 35.5 Å². The summed E-state index contributed by atoms with van der Waals surface area (Å²) < 4.78 is 0. The van der Waals surface area contributed by atoms with Crippen LogP contribution in [0.3, 0.4) is 0 Å². The Kier molecular flexibility index (Phi) is 7.67. The summed E-state index contributed by atoms with van der Waals surface area (Å²) in [5.41, 5.74) is 4.73. The monoisotopic (exact) mass is 412 g/mol. The highest BCUT2D eigenvalue weighted by Gasteiger charge is 2.56. The molecule has 4 aliphatic carbocycles. The third-order valence-electron chi connectivity index (χ3n) is 10.0. The third kappa shape index (κ3) is 4.23. The lowest BCUT2D eigenvalue weighted by Crippen LogP contribution is -2.46. The first-order chi connectivity index (χ1) is 14.3. The van der Waals surface area contributed by atoms with E-state index in [4.69, 9.17) is 0 Å². The third-order valence-corrected chi connectivity index (χ3v) is 10.0. The highest BCUT2D eigenvalue weighted by atomic mass is 14.6. The molecular weight excluding hydrogens is 360 g/mol. The molecule has 4 rings (SSSR count). The van der Waals surface area contributed by atoms with Crippen molar-refractivity contribution < 1.29 is 0 Å². The van der Waals surface area contributed by atoms with Crippen LogP contribution in [-0.4, -0.2) is 0 Å². The molecular formula is C30H52. The number of rotatable bonds is 5. The van der Waals surface area contributed by atoms with E-state index >= 15 is 0 Å². The number of allylic oxidation sites excluding steroid dienone is 4. The first-order valence-electron chi connectivity index (χ1n) is 13.7. The van der Waals surface area contributed by atoms with E-state index in [1.54, 1.807) is 5.57 Å². The number of fused-ring (bicyclic) bond motifs is 5. The smallest absolute Gasteiger partial charge is 0.00474 e. The maximum atomic E-state index is 2.69. The lowest BCUT2D eigenvalue weighted by atomic mass is 9.49. The lowest BCUT2D eigenvalue weighted by Gasteiger charge is -2.55. The zero-order chi connectivity index (χ0) is 22.1. The van der Waals surface area contributed by atoms with E-state index in [1.165, 1.54) is 64.2 Å². The highest BCUT2D eigenvalue weighted by molar-refractivity contribution is 5.38. The Labute approximate surface area is 189 Å². The van der Waals surface area contributed by atoms with Crippen LogP contribution in [0.4, 0.5) is 0 Å². The van der Waals surface area contributed by atoms with Crippen LogP contribution in [0.5, 0.6) is 0 Å². The summed E-state index contributed by atoms with van der Waals surface area (Å²) in [6.07, 6.45) is 19.6. The topological polar surface area (TPSA) is 0 Å². The fraction of sp³-hybridized carbons (Fsp3) is 0.867. The van der Waals surface area contributed by atoms with Crippen LogP contribution in [0.15, 0.2) is 23.3 Å². The van der Waals surface area contributed by atoms with Crippen LogP contribution in [-0.2, 0) is 0 Å². The second-order valence-corrected chi connectivity index (χ2v) is 12.3. The van der Waals surface area contributed by atoms with Crippen molar-refractivity contribution in [1.29, 1.82) is 0 Å². The number of hydrogen-bond acceptors (Lipinski definition) is 0. The minimum absolute atomic E-state index is 0.485. The Bertz CT molecular complexity index is 636. The van der Waals surface area contributed by atoms with Gasteiger partial charge >= 0.3 is 0 Å². The van der Waals surface area contributed by atoms with Crippen molar-refractivity contribution in [2.75, 3.05) is 0 Å². The van der Waals surface area contributed by atoms with Crippen LogP contribution in [0.25, 0.3) is 0 Å². The molecule has 0 saturated heterocycles. The maximum absolute atomic E-state index is 2.69. The van der Waals surface area contributed by atoms with Gasteiger partial charge < -0.3 is 0 Å². The molecule has 0 amide bonds. The van der Waals surface area contributed by atoms with Gasteiger partial charge in [0, 0.05) is 0 Å². The first kappa shape index (κ1) is 24.1. The van der Waals surface area contributed by atoms with Gasteiger partial charge in [-0.3, -0.25) is 0 Å². The Hall–Kier alpha value is -0.520. The molecule has 172 valence electrons. The fourth-order valence-corrected chi connectivity index (χ4v) is 8.21. The van der Waals surface area contributed by atoms with E-state index in [0.29, 0.717) is 10.8 Å². The maximum Gasteiger partial charge on any atom is -0.00474 e. The predicted molar refractivity (Wildman–Crippen MR) is 134 cm³/mol. The lowest BCUT2D eigenvalue weighted by molar-refractivity contribution is 0.0447. The van der Waals surface area contributed by atoms with Gasteiger partial charge in [-0.15, -0.1) is 0 Å².